The van der Waals surface area contributed by atoms with E-state index in [-0.39, 0.29) is 42.9 Å². The maximum Gasteiger partial charge on any atom is 0.407 e. The molecule has 3 N–H and O–H groups in total. The van der Waals surface area contributed by atoms with Gasteiger partial charge < -0.3 is 20.5 Å². The molecule has 7 heteroatoms. The van der Waals surface area contributed by atoms with Crippen molar-refractivity contribution in [2.24, 2.45) is 23.2 Å². The maximum atomic E-state index is 12.6. The lowest BCUT2D eigenvalue weighted by atomic mass is 9.71. The number of hydrogen-bond acceptors (Lipinski definition) is 4. The third kappa shape index (κ3) is 4.40. The molecule has 2 aromatic carbocycles. The molecule has 5 rings (SSSR count). The Hall–Kier alpha value is -3.35. The molecule has 184 valence electrons. The standard InChI is InChI=1S/C28H32N2O5/c1-28(2,26(32)33)15-29-25(31)17-11-16-13-24(22(16)12-17)30-27(34)35-14-23-20-9-5-3-7-18(20)19-8-4-6-10-21(19)23/h3-10,16-17,22-24H,11-15H2,1-2H3,(H,29,31)(H,30,34)(H,32,33)/t16-,17?,22-,24+/m0/s1. The Morgan fingerprint density at radius 1 is 0.971 bits per heavy atom. The Morgan fingerprint density at radius 2 is 1.60 bits per heavy atom. The van der Waals surface area contributed by atoms with Gasteiger partial charge in [0.1, 0.15) is 6.61 Å². The summed E-state index contributed by atoms with van der Waals surface area (Å²) >= 11 is 0. The highest BCUT2D eigenvalue weighted by atomic mass is 16.5. The van der Waals surface area contributed by atoms with Crippen LogP contribution in [-0.4, -0.2) is 42.3 Å². The van der Waals surface area contributed by atoms with Gasteiger partial charge in [-0.05, 0) is 67.2 Å². The third-order valence-electron chi connectivity index (χ3n) is 8.12. The van der Waals surface area contributed by atoms with E-state index in [0.717, 1.165) is 12.8 Å². The van der Waals surface area contributed by atoms with Gasteiger partial charge >= 0.3 is 12.1 Å². The minimum Gasteiger partial charge on any atom is -0.481 e. The van der Waals surface area contributed by atoms with E-state index < -0.39 is 17.5 Å². The number of hydrogen-bond donors (Lipinski definition) is 3. The smallest absolute Gasteiger partial charge is 0.407 e. The summed E-state index contributed by atoms with van der Waals surface area (Å²) in [5, 5.41) is 15.1. The molecular formula is C28H32N2O5. The van der Waals surface area contributed by atoms with Gasteiger partial charge in [-0.2, -0.15) is 0 Å². The summed E-state index contributed by atoms with van der Waals surface area (Å²) in [6.45, 7) is 3.59. The molecule has 0 spiro atoms. The number of carboxylic acids is 1. The normalized spacial score (nSPS) is 24.5. The molecule has 0 radical (unpaired) electrons. The molecule has 2 saturated carbocycles. The predicted octanol–water partition coefficient (Wildman–Crippen LogP) is 4.17. The summed E-state index contributed by atoms with van der Waals surface area (Å²) in [6.07, 6.45) is 1.93. The first-order valence-electron chi connectivity index (χ1n) is 12.4. The number of carboxylic acid groups (broad SMARTS) is 1. The highest BCUT2D eigenvalue weighted by molar-refractivity contribution is 5.81. The molecule has 0 bridgehead atoms. The van der Waals surface area contributed by atoms with Gasteiger partial charge in [-0.1, -0.05) is 48.5 Å². The lowest BCUT2D eigenvalue weighted by Crippen LogP contribution is -2.50. The van der Waals surface area contributed by atoms with E-state index in [1.165, 1.54) is 22.3 Å². The molecule has 0 saturated heterocycles. The Balaban J connectivity index is 1.12. The Labute approximate surface area is 205 Å². The molecule has 3 aliphatic carbocycles. The number of alkyl carbamates (subject to hydrolysis) is 1. The van der Waals surface area contributed by atoms with Crippen molar-refractivity contribution < 1.29 is 24.2 Å². The van der Waals surface area contributed by atoms with Gasteiger partial charge in [-0.15, -0.1) is 0 Å². The zero-order valence-corrected chi connectivity index (χ0v) is 20.1. The van der Waals surface area contributed by atoms with Crippen LogP contribution >= 0.6 is 0 Å². The van der Waals surface area contributed by atoms with Crippen LogP contribution in [0.5, 0.6) is 0 Å². The molecule has 0 aromatic heterocycles. The largest absolute Gasteiger partial charge is 0.481 e. The van der Waals surface area contributed by atoms with E-state index in [1.807, 2.05) is 24.3 Å². The van der Waals surface area contributed by atoms with Crippen LogP contribution in [0.15, 0.2) is 48.5 Å². The van der Waals surface area contributed by atoms with Crippen LogP contribution in [-0.2, 0) is 14.3 Å². The number of carbonyl (C=O) groups excluding carboxylic acids is 2. The van der Waals surface area contributed by atoms with Crippen molar-refractivity contribution in [1.82, 2.24) is 10.6 Å². The quantitative estimate of drug-likeness (QED) is 0.556. The summed E-state index contributed by atoms with van der Waals surface area (Å²) in [4.78, 5) is 36.5. The zero-order chi connectivity index (χ0) is 24.7. The van der Waals surface area contributed by atoms with Gasteiger partial charge in [0.2, 0.25) is 5.91 Å². The number of nitrogens with one attached hydrogen (secondary N) is 2. The minimum absolute atomic E-state index is 0.0175. The van der Waals surface area contributed by atoms with Crippen molar-refractivity contribution in [2.75, 3.05) is 13.2 Å². The molecule has 2 aromatic rings. The SMILES string of the molecule is CC(C)(CNC(=O)C1C[C@H]2C[C@@H](NC(=O)OCC3c4ccccc4-c4ccccc43)[C@H]2C1)C(=O)O. The molecule has 2 amide bonds. The second kappa shape index (κ2) is 9.02. The summed E-state index contributed by atoms with van der Waals surface area (Å²) in [7, 11) is 0. The topological polar surface area (TPSA) is 105 Å². The van der Waals surface area contributed by atoms with Gasteiger partial charge in [-0.3, -0.25) is 9.59 Å². The molecule has 3 aliphatic rings. The fraction of sp³-hybridized carbons (Fsp3) is 0.464. The Morgan fingerprint density at radius 3 is 2.23 bits per heavy atom. The van der Waals surface area contributed by atoms with Crippen molar-refractivity contribution in [3.05, 3.63) is 59.7 Å². The first-order valence-corrected chi connectivity index (χ1v) is 12.4. The second-order valence-electron chi connectivity index (χ2n) is 10.8. The Kier molecular flexibility index (Phi) is 6.03. The molecule has 1 unspecified atom stereocenters. The molecule has 35 heavy (non-hydrogen) atoms. The average Bonchev–Trinajstić information content (AvgIpc) is 3.35. The van der Waals surface area contributed by atoms with Crippen molar-refractivity contribution in [3.63, 3.8) is 0 Å². The van der Waals surface area contributed by atoms with E-state index in [9.17, 15) is 19.5 Å². The lowest BCUT2D eigenvalue weighted by Gasteiger charge is -2.40. The van der Waals surface area contributed by atoms with Crippen LogP contribution in [0.3, 0.4) is 0 Å². The molecule has 0 heterocycles. The van der Waals surface area contributed by atoms with Crippen molar-refractivity contribution >= 4 is 18.0 Å². The van der Waals surface area contributed by atoms with Crippen LogP contribution in [0.25, 0.3) is 11.1 Å². The number of rotatable bonds is 7. The summed E-state index contributed by atoms with van der Waals surface area (Å²) in [5.41, 5.74) is 3.75. The highest BCUT2D eigenvalue weighted by Crippen LogP contribution is 2.50. The fourth-order valence-corrected chi connectivity index (χ4v) is 5.93. The Bertz CT molecular complexity index is 1110. The molecular weight excluding hydrogens is 444 g/mol. The highest BCUT2D eigenvalue weighted by Gasteiger charge is 2.50. The van der Waals surface area contributed by atoms with Crippen LogP contribution in [0.4, 0.5) is 4.79 Å². The van der Waals surface area contributed by atoms with E-state index in [4.69, 9.17) is 4.74 Å². The maximum absolute atomic E-state index is 12.6. The monoisotopic (exact) mass is 476 g/mol. The van der Waals surface area contributed by atoms with Gasteiger partial charge in [0.25, 0.3) is 0 Å². The van der Waals surface area contributed by atoms with Gasteiger partial charge in [0.15, 0.2) is 0 Å². The molecule has 4 atom stereocenters. The van der Waals surface area contributed by atoms with Crippen LogP contribution in [0, 0.1) is 23.2 Å². The average molecular weight is 477 g/mol. The number of aliphatic carboxylic acids is 1. The van der Waals surface area contributed by atoms with Gasteiger partial charge in [0, 0.05) is 24.4 Å². The number of carbonyl (C=O) groups is 3. The number of benzene rings is 2. The fourth-order valence-electron chi connectivity index (χ4n) is 5.93. The first-order chi connectivity index (χ1) is 16.7. The zero-order valence-electron chi connectivity index (χ0n) is 20.1. The third-order valence-corrected chi connectivity index (χ3v) is 8.12. The number of amides is 2. The van der Waals surface area contributed by atoms with E-state index in [0.29, 0.717) is 12.3 Å². The molecule has 2 fully saturated rings. The van der Waals surface area contributed by atoms with E-state index in [1.54, 1.807) is 13.8 Å². The van der Waals surface area contributed by atoms with Crippen LogP contribution < -0.4 is 10.6 Å². The van der Waals surface area contributed by atoms with Gasteiger partial charge in [-0.25, -0.2) is 4.79 Å². The van der Waals surface area contributed by atoms with Gasteiger partial charge in [0.05, 0.1) is 5.41 Å². The summed E-state index contributed by atoms with van der Waals surface area (Å²) < 4.78 is 5.68. The first kappa shape index (κ1) is 23.4. The lowest BCUT2D eigenvalue weighted by molar-refractivity contribution is -0.146. The van der Waals surface area contributed by atoms with E-state index in [2.05, 4.69) is 34.9 Å². The second-order valence-corrected chi connectivity index (χ2v) is 10.8. The summed E-state index contributed by atoms with van der Waals surface area (Å²) in [6, 6.07) is 16.5. The number of fused-ring (bicyclic) bond motifs is 4. The van der Waals surface area contributed by atoms with Crippen LogP contribution in [0.2, 0.25) is 0 Å². The summed E-state index contributed by atoms with van der Waals surface area (Å²) in [5.74, 6) is -0.457. The van der Waals surface area contributed by atoms with Crippen molar-refractivity contribution in [2.45, 2.75) is 45.1 Å². The van der Waals surface area contributed by atoms with Crippen LogP contribution in [0.1, 0.15) is 50.2 Å². The number of ether oxygens (including phenoxy) is 1. The van der Waals surface area contributed by atoms with Crippen molar-refractivity contribution in [1.29, 1.82) is 0 Å². The minimum atomic E-state index is -0.999. The van der Waals surface area contributed by atoms with Crippen molar-refractivity contribution in [3.8, 4) is 11.1 Å². The molecule has 0 aliphatic heterocycles. The molecule has 7 nitrogen and oxygen atoms in total. The predicted molar refractivity (Wildman–Crippen MR) is 131 cm³/mol. The van der Waals surface area contributed by atoms with E-state index >= 15 is 0 Å².